The summed E-state index contributed by atoms with van der Waals surface area (Å²) in [6, 6.07) is -1.85. The molecule has 3 saturated heterocycles. The first-order valence-corrected chi connectivity index (χ1v) is 13.2. The number of aliphatic hydroxyl groups excluding tert-OH is 1. The fourth-order valence-electron chi connectivity index (χ4n) is 7.44. The summed E-state index contributed by atoms with van der Waals surface area (Å²) in [7, 11) is 4.85. The summed E-state index contributed by atoms with van der Waals surface area (Å²) in [4.78, 5) is 30.9. The molecule has 8 atom stereocenters. The number of aliphatic hydroxyl groups is 4. The number of carbonyl (C=O) groups excluding carboxylic acids is 2. The number of carbonyl (C=O) groups is 2. The van der Waals surface area contributed by atoms with E-state index in [1.165, 1.54) is 7.11 Å². The molecule has 0 radical (unpaired) electrons. The van der Waals surface area contributed by atoms with E-state index in [9.17, 15) is 30.0 Å². The van der Waals surface area contributed by atoms with Crippen molar-refractivity contribution in [1.29, 1.82) is 0 Å². The largest absolute Gasteiger partial charge is 0.492 e. The maximum atomic E-state index is 13.6. The number of hydrogen-bond donors (Lipinski definition) is 5. The molecule has 5 aliphatic rings. The van der Waals surface area contributed by atoms with Gasteiger partial charge >= 0.3 is 0 Å². The monoisotopic (exact) mass is 537 g/mol. The minimum Gasteiger partial charge on any atom is -0.492 e. The van der Waals surface area contributed by atoms with Crippen LogP contribution >= 0.6 is 0 Å². The molecule has 4 aliphatic heterocycles. The number of methoxy groups -OCH3 is 1. The van der Waals surface area contributed by atoms with Crippen molar-refractivity contribution in [3.8, 4) is 0 Å². The number of Topliss-reactive ketones (excluding diaryl/α,β-unsaturated/α-hetero) is 2. The molecule has 3 fully saturated rings. The number of nitrogens with zero attached hydrogens (tertiary/aromatic N) is 2. The van der Waals surface area contributed by atoms with E-state index in [0.717, 1.165) is 0 Å². The average molecular weight is 538 g/mol. The highest BCUT2D eigenvalue weighted by atomic mass is 16.7. The number of allylic oxidation sites excluding steroid dienone is 2. The molecule has 0 aromatic carbocycles. The van der Waals surface area contributed by atoms with Crippen molar-refractivity contribution in [3.63, 3.8) is 0 Å². The highest BCUT2D eigenvalue weighted by molar-refractivity contribution is 6.25. The zero-order valence-corrected chi connectivity index (χ0v) is 22.5. The van der Waals surface area contributed by atoms with Gasteiger partial charge in [-0.1, -0.05) is 0 Å². The molecule has 12 nitrogen and oxygen atoms in total. The van der Waals surface area contributed by atoms with Gasteiger partial charge in [-0.2, -0.15) is 0 Å². The van der Waals surface area contributed by atoms with Crippen molar-refractivity contribution >= 4 is 11.6 Å². The smallest absolute Gasteiger partial charge is 0.226 e. The molecule has 5 rings (SSSR count). The first kappa shape index (κ1) is 27.8. The molecule has 0 aromatic heterocycles. The third kappa shape index (κ3) is 4.45. The predicted octanol–water partition coefficient (Wildman–Crippen LogP) is -1.77. The second kappa shape index (κ2) is 10.0. The van der Waals surface area contributed by atoms with Crippen LogP contribution in [0.15, 0.2) is 22.5 Å². The van der Waals surface area contributed by atoms with Crippen molar-refractivity contribution in [1.82, 2.24) is 15.1 Å². The van der Waals surface area contributed by atoms with Crippen LogP contribution in [0.3, 0.4) is 0 Å². The number of ether oxygens (including phenoxy) is 3. The van der Waals surface area contributed by atoms with E-state index in [1.54, 1.807) is 32.8 Å². The lowest BCUT2D eigenvalue weighted by atomic mass is 9.75. The average Bonchev–Trinajstić information content (AvgIpc) is 3.17. The van der Waals surface area contributed by atoms with E-state index in [0.29, 0.717) is 24.1 Å². The summed E-state index contributed by atoms with van der Waals surface area (Å²) in [5, 5.41) is 45.1. The van der Waals surface area contributed by atoms with Crippen LogP contribution in [0.5, 0.6) is 0 Å². The second-order valence-corrected chi connectivity index (χ2v) is 11.5. The van der Waals surface area contributed by atoms with Crippen molar-refractivity contribution in [3.05, 3.63) is 22.5 Å². The standard InChI is InChI=1S/C26H39N3O9/c1-11-21(30)14-7-16-20-15(25(32)33)6-13(27-20)9-29(16)17(19(14)22(31)23(11)36-5)10-37-18-8-26(34,35)24(28(3)4)12(2)38-18/h12-13,15-18,20,24-25,27,32-35H,6-10H2,1-5H3/t12?,13-,15+,16-,17-,18?,20+,24?/m0/s1. The fourth-order valence-corrected chi connectivity index (χ4v) is 7.44. The van der Waals surface area contributed by atoms with E-state index in [4.69, 9.17) is 14.2 Å². The van der Waals surface area contributed by atoms with Gasteiger partial charge in [-0.3, -0.25) is 19.4 Å². The summed E-state index contributed by atoms with van der Waals surface area (Å²) in [6.07, 6.45) is -2.34. The zero-order valence-electron chi connectivity index (χ0n) is 22.5. The molecular weight excluding hydrogens is 498 g/mol. The summed E-state index contributed by atoms with van der Waals surface area (Å²) >= 11 is 0. The van der Waals surface area contributed by atoms with Gasteiger partial charge in [-0.15, -0.1) is 0 Å². The van der Waals surface area contributed by atoms with E-state index in [-0.39, 0.29) is 60.5 Å². The Bertz CT molecular complexity index is 1050. The van der Waals surface area contributed by atoms with Crippen LogP contribution in [-0.4, -0.2) is 131 Å². The molecule has 2 bridgehead atoms. The first-order valence-electron chi connectivity index (χ1n) is 13.2. The van der Waals surface area contributed by atoms with Crippen LogP contribution < -0.4 is 5.32 Å². The predicted molar refractivity (Wildman–Crippen MR) is 132 cm³/mol. The number of hydrogen-bond acceptors (Lipinski definition) is 12. The summed E-state index contributed by atoms with van der Waals surface area (Å²) in [6.45, 7) is 3.81. The Morgan fingerprint density at radius 1 is 1.24 bits per heavy atom. The van der Waals surface area contributed by atoms with Crippen LogP contribution in [-0.2, 0) is 23.8 Å². The molecule has 12 heteroatoms. The van der Waals surface area contributed by atoms with Crippen molar-refractivity contribution in [2.75, 3.05) is 34.4 Å². The van der Waals surface area contributed by atoms with Gasteiger partial charge in [-0.05, 0) is 40.8 Å². The highest BCUT2D eigenvalue weighted by Gasteiger charge is 2.55. The van der Waals surface area contributed by atoms with Gasteiger partial charge < -0.3 is 40.0 Å². The minimum absolute atomic E-state index is 0.0139. The number of ketones is 2. The Balaban J connectivity index is 1.46. The van der Waals surface area contributed by atoms with E-state index < -0.39 is 42.5 Å². The van der Waals surface area contributed by atoms with Crippen LogP contribution in [0.25, 0.3) is 0 Å². The zero-order chi connectivity index (χ0) is 27.7. The molecule has 0 spiro atoms. The Morgan fingerprint density at radius 3 is 2.55 bits per heavy atom. The second-order valence-electron chi connectivity index (χ2n) is 11.5. The molecule has 1 aliphatic carbocycles. The molecular formula is C26H39N3O9. The van der Waals surface area contributed by atoms with Crippen molar-refractivity contribution in [2.24, 2.45) is 5.92 Å². The van der Waals surface area contributed by atoms with Gasteiger partial charge in [0.2, 0.25) is 5.78 Å². The number of piperazine rings is 1. The quantitative estimate of drug-likeness (QED) is 0.192. The Morgan fingerprint density at radius 2 is 1.95 bits per heavy atom. The summed E-state index contributed by atoms with van der Waals surface area (Å²) < 4.78 is 17.4. The van der Waals surface area contributed by atoms with Crippen LogP contribution in [0.2, 0.25) is 0 Å². The number of rotatable bonds is 6. The maximum absolute atomic E-state index is 13.6. The third-order valence-electron chi connectivity index (χ3n) is 8.93. The molecule has 3 unspecified atom stereocenters. The number of likely N-dealkylation sites (N-methyl/N-ethyl adjacent to an activating group) is 1. The summed E-state index contributed by atoms with van der Waals surface area (Å²) in [5.74, 6) is -3.07. The molecule has 212 valence electrons. The molecule has 38 heavy (non-hydrogen) atoms. The van der Waals surface area contributed by atoms with Crippen LogP contribution in [0.1, 0.15) is 33.1 Å². The van der Waals surface area contributed by atoms with E-state index in [2.05, 4.69) is 10.2 Å². The maximum Gasteiger partial charge on any atom is 0.226 e. The van der Waals surface area contributed by atoms with Gasteiger partial charge in [0.15, 0.2) is 29.9 Å². The van der Waals surface area contributed by atoms with Gasteiger partial charge in [0.05, 0.1) is 38.3 Å². The van der Waals surface area contributed by atoms with Gasteiger partial charge in [-0.25, -0.2) is 0 Å². The molecule has 0 amide bonds. The Kier molecular flexibility index (Phi) is 7.34. The minimum atomic E-state index is -2.05. The number of fused-ring (bicyclic) bond motifs is 4. The SMILES string of the molecule is COC1=C(C)C(=O)C2=C(C1=O)[C@H](COC1CC(O)(O)C(N(C)C)C(C)O1)N1C[C@@H]3C[C@@H](C(O)O)[C@@H](N3)[C@@H]1C2. The number of nitrogens with one attached hydrogen (secondary N) is 1. The van der Waals surface area contributed by atoms with Crippen molar-refractivity contribution in [2.45, 2.75) is 87.8 Å². The van der Waals surface area contributed by atoms with Gasteiger partial charge in [0, 0.05) is 47.3 Å². The van der Waals surface area contributed by atoms with E-state index in [1.807, 2.05) is 0 Å². The lowest BCUT2D eigenvalue weighted by molar-refractivity contribution is -0.321. The van der Waals surface area contributed by atoms with Gasteiger partial charge in [0.1, 0.15) is 0 Å². The fraction of sp³-hybridized carbons (Fsp3) is 0.769. The van der Waals surface area contributed by atoms with Crippen LogP contribution in [0, 0.1) is 5.92 Å². The molecule has 5 N–H and O–H groups in total. The molecule has 4 heterocycles. The Hall–Kier alpha value is -1.74. The third-order valence-corrected chi connectivity index (χ3v) is 8.93. The molecule has 0 aromatic rings. The highest BCUT2D eigenvalue weighted by Crippen LogP contribution is 2.44. The first-order chi connectivity index (χ1) is 17.9. The lowest BCUT2D eigenvalue weighted by Gasteiger charge is -2.51. The van der Waals surface area contributed by atoms with Gasteiger partial charge in [0.25, 0.3) is 0 Å². The lowest BCUT2D eigenvalue weighted by Crippen LogP contribution is -2.66. The Labute approximate surface area is 221 Å². The molecule has 0 saturated carbocycles. The summed E-state index contributed by atoms with van der Waals surface area (Å²) in [5.41, 5.74) is 0.969. The normalized spacial score (nSPS) is 39.2. The van der Waals surface area contributed by atoms with E-state index >= 15 is 0 Å². The topological polar surface area (TPSA) is 161 Å². The van der Waals surface area contributed by atoms with Crippen LogP contribution in [0.4, 0.5) is 0 Å². The van der Waals surface area contributed by atoms with Crippen molar-refractivity contribution < 1.29 is 44.2 Å².